The van der Waals surface area contributed by atoms with Crippen LogP contribution in [0.15, 0.2) is 24.4 Å². The molecule has 4 atom stereocenters. The molecule has 2 saturated heterocycles. The number of carboxylic acid groups (broad SMARTS) is 1. The van der Waals surface area contributed by atoms with Gasteiger partial charge in [0, 0.05) is 23.5 Å². The van der Waals surface area contributed by atoms with Gasteiger partial charge in [-0.15, -0.1) is 0 Å². The Bertz CT molecular complexity index is 464. The van der Waals surface area contributed by atoms with E-state index in [1.54, 1.807) is 0 Å². The molecule has 3 rings (SSSR count). The van der Waals surface area contributed by atoms with E-state index in [-0.39, 0.29) is 18.1 Å². The normalized spacial score (nSPS) is 38.2. The van der Waals surface area contributed by atoms with Crippen molar-refractivity contribution in [3.05, 3.63) is 24.4 Å². The molecule has 20 heavy (non-hydrogen) atoms. The summed E-state index contributed by atoms with van der Waals surface area (Å²) in [5, 5.41) is 11.4. The largest absolute Gasteiger partial charge is 0.550 e. The Morgan fingerprint density at radius 3 is 2.45 bits per heavy atom. The smallest absolute Gasteiger partial charge is 0.114 e. The van der Waals surface area contributed by atoms with Gasteiger partial charge >= 0.3 is 0 Å². The molecule has 2 bridgehead atoms. The molecule has 2 fully saturated rings. The average Bonchev–Trinajstić information content (AvgIpc) is 2.97. The molecule has 110 valence electrons. The van der Waals surface area contributed by atoms with Gasteiger partial charge in [-0.05, 0) is 0 Å². The lowest BCUT2D eigenvalue weighted by Gasteiger charge is -2.42. The molecule has 0 aromatic heterocycles. The number of nitrogens with zero attached hydrogens (tertiary/aromatic N) is 2. The average molecular weight is 279 g/mol. The van der Waals surface area contributed by atoms with Crippen LogP contribution in [-0.2, 0) is 9.53 Å². The van der Waals surface area contributed by atoms with E-state index in [0.29, 0.717) is 4.59 Å². The fourth-order valence-electron chi connectivity index (χ4n) is 3.41. The lowest BCUT2D eigenvalue weighted by Crippen LogP contribution is -2.61. The Morgan fingerprint density at radius 2 is 1.90 bits per heavy atom. The van der Waals surface area contributed by atoms with Crippen LogP contribution < -0.4 is 10.9 Å². The molecule has 3 aliphatic rings. The zero-order chi connectivity index (χ0) is 14.5. The fraction of sp³-hybridized carbons (Fsp3) is 0.643. The van der Waals surface area contributed by atoms with Crippen molar-refractivity contribution in [3.63, 3.8) is 0 Å². The van der Waals surface area contributed by atoms with Crippen LogP contribution in [0.5, 0.6) is 0 Å². The third-order valence-electron chi connectivity index (χ3n) is 4.72. The van der Waals surface area contributed by atoms with Crippen molar-refractivity contribution in [2.45, 2.75) is 12.2 Å². The van der Waals surface area contributed by atoms with E-state index in [9.17, 15) is 9.90 Å². The molecule has 2 unspecified atom stereocenters. The van der Waals surface area contributed by atoms with E-state index < -0.39 is 11.9 Å². The molecule has 0 spiro atoms. The van der Waals surface area contributed by atoms with Gasteiger partial charge in [0.05, 0.1) is 32.3 Å². The van der Waals surface area contributed by atoms with Crippen molar-refractivity contribution in [2.24, 2.45) is 17.7 Å². The van der Waals surface area contributed by atoms with Gasteiger partial charge < -0.3 is 19.5 Å². The fourth-order valence-corrected chi connectivity index (χ4v) is 3.41. The second kappa shape index (κ2) is 4.58. The monoisotopic (exact) mass is 279 g/mol. The summed E-state index contributed by atoms with van der Waals surface area (Å²) >= 11 is 0. The van der Waals surface area contributed by atoms with Crippen LogP contribution in [0.1, 0.15) is 0 Å². The van der Waals surface area contributed by atoms with Gasteiger partial charge in [-0.25, -0.2) is 4.59 Å². The standard InChI is InChI=1S/C14H21N3O3/c1-9(16-5-7-17(2,15)8-6-16)12-10-3-4-11(20-10)13(12)14(18)19/h3-4,10-13H,1,5-8,15H2,2H3/t10-,11+,12?,13?/m0/s1. The number of aliphatic carboxylic acids is 1. The Morgan fingerprint density at radius 1 is 1.35 bits per heavy atom. The first-order chi connectivity index (χ1) is 9.39. The maximum atomic E-state index is 11.4. The number of hydrogen-bond acceptors (Lipinski definition) is 5. The molecule has 0 aromatic rings. The highest BCUT2D eigenvalue weighted by Crippen LogP contribution is 2.43. The van der Waals surface area contributed by atoms with E-state index in [0.717, 1.165) is 31.9 Å². The van der Waals surface area contributed by atoms with Gasteiger partial charge in [-0.2, -0.15) is 5.84 Å². The number of carboxylic acids is 1. The zero-order valence-corrected chi connectivity index (χ0v) is 11.7. The van der Waals surface area contributed by atoms with Crippen molar-refractivity contribution < 1.29 is 19.2 Å². The molecule has 3 heterocycles. The molecular weight excluding hydrogens is 258 g/mol. The first kappa shape index (κ1) is 13.6. The number of nitrogens with two attached hydrogens (primary N) is 1. The molecule has 3 aliphatic heterocycles. The lowest BCUT2D eigenvalue weighted by molar-refractivity contribution is -0.925. The van der Waals surface area contributed by atoms with Crippen LogP contribution in [0, 0.1) is 11.8 Å². The van der Waals surface area contributed by atoms with Crippen LogP contribution in [0.2, 0.25) is 0 Å². The van der Waals surface area contributed by atoms with Crippen molar-refractivity contribution in [3.8, 4) is 0 Å². The van der Waals surface area contributed by atoms with Gasteiger partial charge in [0.25, 0.3) is 0 Å². The number of quaternary nitrogens is 1. The Hall–Kier alpha value is -1.37. The highest BCUT2D eigenvalue weighted by atomic mass is 16.5. The highest BCUT2D eigenvalue weighted by molar-refractivity contribution is 5.71. The van der Waals surface area contributed by atoms with Gasteiger partial charge in [0.2, 0.25) is 0 Å². The number of piperazine rings is 1. The number of rotatable bonds is 3. The van der Waals surface area contributed by atoms with Crippen LogP contribution in [-0.4, -0.2) is 60.9 Å². The van der Waals surface area contributed by atoms with E-state index in [4.69, 9.17) is 10.6 Å². The van der Waals surface area contributed by atoms with Crippen LogP contribution in [0.4, 0.5) is 0 Å². The van der Waals surface area contributed by atoms with Gasteiger partial charge in [0.15, 0.2) is 0 Å². The number of hydrogen-bond donors (Lipinski definition) is 1. The predicted molar refractivity (Wildman–Crippen MR) is 70.6 cm³/mol. The van der Waals surface area contributed by atoms with Crippen molar-refractivity contribution >= 4 is 5.97 Å². The third kappa shape index (κ3) is 2.13. The number of carbonyl (C=O) groups excluding carboxylic acids is 1. The molecule has 0 saturated carbocycles. The molecule has 0 aromatic carbocycles. The SMILES string of the molecule is C=C(C1C(C(=O)[O-])[C@H]2C=C[C@@H]1O2)N1CC[N+](C)(N)CC1. The third-order valence-corrected chi connectivity index (χ3v) is 4.72. The van der Waals surface area contributed by atoms with E-state index in [2.05, 4.69) is 11.5 Å². The molecular formula is C14H21N3O3. The van der Waals surface area contributed by atoms with Crippen molar-refractivity contribution in [1.82, 2.24) is 4.90 Å². The summed E-state index contributed by atoms with van der Waals surface area (Å²) in [4.78, 5) is 13.5. The van der Waals surface area contributed by atoms with Gasteiger partial charge in [-0.3, -0.25) is 0 Å². The summed E-state index contributed by atoms with van der Waals surface area (Å²) in [7, 11) is 1.99. The van der Waals surface area contributed by atoms with E-state index >= 15 is 0 Å². The minimum Gasteiger partial charge on any atom is -0.550 e. The van der Waals surface area contributed by atoms with Crippen LogP contribution in [0.25, 0.3) is 0 Å². The summed E-state index contributed by atoms with van der Waals surface area (Å²) in [6.07, 6.45) is 3.20. The van der Waals surface area contributed by atoms with E-state index in [1.165, 1.54) is 0 Å². The predicted octanol–water partition coefficient (Wildman–Crippen LogP) is -1.54. The molecule has 6 heteroatoms. The summed E-state index contributed by atoms with van der Waals surface area (Å²) in [5.74, 6) is 4.17. The molecule has 2 N–H and O–H groups in total. The molecule has 0 radical (unpaired) electrons. The Kier molecular flexibility index (Phi) is 3.12. The molecule has 0 aliphatic carbocycles. The van der Waals surface area contributed by atoms with Crippen molar-refractivity contribution in [2.75, 3.05) is 33.2 Å². The molecule has 0 amide bonds. The van der Waals surface area contributed by atoms with Gasteiger partial charge in [0.1, 0.15) is 13.1 Å². The summed E-state index contributed by atoms with van der Waals surface area (Å²) in [6.45, 7) is 7.37. The Balaban J connectivity index is 1.74. The zero-order valence-electron chi connectivity index (χ0n) is 11.7. The van der Waals surface area contributed by atoms with E-state index in [1.807, 2.05) is 19.2 Å². The summed E-state index contributed by atoms with van der Waals surface area (Å²) < 4.78 is 6.16. The second-order valence-corrected chi connectivity index (χ2v) is 6.23. The quantitative estimate of drug-likeness (QED) is 0.385. The van der Waals surface area contributed by atoms with Gasteiger partial charge in [-0.1, -0.05) is 18.7 Å². The number of fused-ring (bicyclic) bond motifs is 2. The number of carbonyl (C=O) groups is 1. The maximum Gasteiger partial charge on any atom is 0.114 e. The topological polar surface area (TPSA) is 78.6 Å². The number of likely N-dealkylation sites (N-methyl/N-ethyl adjacent to an activating group) is 1. The first-order valence-electron chi connectivity index (χ1n) is 7.00. The van der Waals surface area contributed by atoms with Crippen molar-refractivity contribution in [1.29, 1.82) is 0 Å². The van der Waals surface area contributed by atoms with Crippen LogP contribution in [0.3, 0.4) is 0 Å². The highest BCUT2D eigenvalue weighted by Gasteiger charge is 2.49. The minimum atomic E-state index is -1.05. The van der Waals surface area contributed by atoms with Crippen LogP contribution >= 0.6 is 0 Å². The lowest BCUT2D eigenvalue weighted by atomic mass is 9.80. The second-order valence-electron chi connectivity index (χ2n) is 6.23. The summed E-state index contributed by atoms with van der Waals surface area (Å²) in [5.41, 5.74) is 0.843. The first-order valence-corrected chi connectivity index (χ1v) is 7.00. The molecule has 6 nitrogen and oxygen atoms in total. The maximum absolute atomic E-state index is 11.4. The number of ether oxygens (including phenoxy) is 1. The summed E-state index contributed by atoms with van der Waals surface area (Å²) in [6, 6.07) is 0. The minimum absolute atomic E-state index is 0.184. The Labute approximate surface area is 118 Å².